The highest BCUT2D eigenvalue weighted by atomic mass is 35.5. The number of hydrogen-bond acceptors (Lipinski definition) is 6. The summed E-state index contributed by atoms with van der Waals surface area (Å²) in [5, 5.41) is 1.91. The molecule has 1 saturated carbocycles. The van der Waals surface area contributed by atoms with Crippen LogP contribution in [0, 0.1) is 17.8 Å². The average Bonchev–Trinajstić information content (AvgIpc) is 3.20. The SMILES string of the molecule is C[C@@H]1CC[C@@H]2C(=O)N(N(CC(=O)c3ccc(OC(=O)c4ccccc4)cc3)C(=O)c3ccccc3Cl)C(=O)[C@H]2C1. The van der Waals surface area contributed by atoms with Crippen LogP contribution in [0.1, 0.15) is 57.3 Å². The molecule has 0 N–H and O–H groups in total. The van der Waals surface area contributed by atoms with Gasteiger partial charge in [0.25, 0.3) is 17.7 Å². The van der Waals surface area contributed by atoms with Gasteiger partial charge in [-0.25, -0.2) is 9.80 Å². The van der Waals surface area contributed by atoms with Crippen LogP contribution in [0.25, 0.3) is 0 Å². The molecule has 3 amide bonds. The minimum atomic E-state index is -0.722. The van der Waals surface area contributed by atoms with E-state index in [0.29, 0.717) is 18.4 Å². The van der Waals surface area contributed by atoms with Crippen molar-refractivity contribution in [2.45, 2.75) is 26.2 Å². The highest BCUT2D eigenvalue weighted by Crippen LogP contribution is 2.41. The number of Topliss-reactive ketones (excluding diaryl/α,β-unsaturated/α-hetero) is 1. The van der Waals surface area contributed by atoms with Crippen molar-refractivity contribution in [2.75, 3.05) is 6.54 Å². The number of nitrogens with zero attached hydrogens (tertiary/aromatic N) is 2. The molecule has 1 aliphatic heterocycles. The maximum atomic E-state index is 13.7. The lowest BCUT2D eigenvalue weighted by molar-refractivity contribution is -0.154. The molecule has 1 aliphatic carbocycles. The Labute approximate surface area is 236 Å². The number of esters is 1. The van der Waals surface area contributed by atoms with E-state index in [1.807, 2.05) is 6.92 Å². The van der Waals surface area contributed by atoms with Crippen molar-refractivity contribution in [1.82, 2.24) is 10.0 Å². The van der Waals surface area contributed by atoms with Gasteiger partial charge in [0.05, 0.1) is 28.0 Å². The predicted molar refractivity (Wildman–Crippen MR) is 147 cm³/mol. The molecule has 1 saturated heterocycles. The van der Waals surface area contributed by atoms with Gasteiger partial charge in [-0.2, -0.15) is 5.01 Å². The van der Waals surface area contributed by atoms with E-state index in [0.717, 1.165) is 16.4 Å². The third-order valence-corrected chi connectivity index (χ3v) is 7.76. The molecule has 40 heavy (non-hydrogen) atoms. The fourth-order valence-electron chi connectivity index (χ4n) is 5.29. The monoisotopic (exact) mass is 558 g/mol. The van der Waals surface area contributed by atoms with Crippen LogP contribution in [0.3, 0.4) is 0 Å². The summed E-state index contributed by atoms with van der Waals surface area (Å²) in [6, 6.07) is 20.6. The second-order valence-corrected chi connectivity index (χ2v) is 10.6. The number of hydrazine groups is 1. The number of ketones is 1. The number of hydrogen-bond donors (Lipinski definition) is 0. The van der Waals surface area contributed by atoms with Gasteiger partial charge in [0, 0.05) is 5.56 Å². The van der Waals surface area contributed by atoms with E-state index in [9.17, 15) is 24.0 Å². The highest BCUT2D eigenvalue weighted by molar-refractivity contribution is 6.34. The zero-order chi connectivity index (χ0) is 28.4. The number of rotatable bonds is 7. The standard InChI is InChI=1S/C31H27ClN2O6/c1-19-11-16-23-25(17-19)30(38)34(29(23)37)33(28(36)24-9-5-6-10-26(24)32)18-27(35)20-12-14-22(15-13-20)40-31(39)21-7-3-2-4-8-21/h2-10,12-15,19,23,25H,11,16-18H2,1H3/t19-,23+,25+/m1/s1. The van der Waals surface area contributed by atoms with Crippen LogP contribution in [0.4, 0.5) is 0 Å². The maximum absolute atomic E-state index is 13.7. The molecule has 3 atom stereocenters. The van der Waals surface area contributed by atoms with Gasteiger partial charge >= 0.3 is 5.97 Å². The Morgan fingerprint density at radius 2 is 1.50 bits per heavy atom. The van der Waals surface area contributed by atoms with E-state index in [4.69, 9.17) is 16.3 Å². The number of carbonyl (C=O) groups excluding carboxylic acids is 5. The summed E-state index contributed by atoms with van der Waals surface area (Å²) in [6.07, 6.45) is 1.92. The molecule has 9 heteroatoms. The summed E-state index contributed by atoms with van der Waals surface area (Å²) >= 11 is 6.28. The summed E-state index contributed by atoms with van der Waals surface area (Å²) in [5.74, 6) is -3.25. The Hall–Kier alpha value is -4.30. The molecule has 8 nitrogen and oxygen atoms in total. The largest absolute Gasteiger partial charge is 0.423 e. The molecule has 2 fully saturated rings. The molecule has 5 rings (SSSR count). The molecule has 0 bridgehead atoms. The summed E-state index contributed by atoms with van der Waals surface area (Å²) in [4.78, 5) is 66.3. The fourth-order valence-corrected chi connectivity index (χ4v) is 5.51. The minimum absolute atomic E-state index is 0.0731. The second-order valence-electron chi connectivity index (χ2n) is 10.2. The van der Waals surface area contributed by atoms with Crippen molar-refractivity contribution in [1.29, 1.82) is 0 Å². The van der Waals surface area contributed by atoms with Crippen molar-refractivity contribution in [3.05, 3.63) is 101 Å². The maximum Gasteiger partial charge on any atom is 0.343 e. The number of imide groups is 1. The van der Waals surface area contributed by atoms with Gasteiger partial charge in [-0.3, -0.25) is 19.2 Å². The summed E-state index contributed by atoms with van der Waals surface area (Å²) in [5.41, 5.74) is 0.664. The van der Waals surface area contributed by atoms with E-state index in [2.05, 4.69) is 0 Å². The molecule has 0 radical (unpaired) electrons. The predicted octanol–water partition coefficient (Wildman–Crippen LogP) is 5.22. The summed E-state index contributed by atoms with van der Waals surface area (Å²) < 4.78 is 5.37. The van der Waals surface area contributed by atoms with Crippen LogP contribution in [-0.2, 0) is 9.59 Å². The van der Waals surface area contributed by atoms with E-state index in [1.165, 1.54) is 36.4 Å². The van der Waals surface area contributed by atoms with Gasteiger partial charge in [0.2, 0.25) is 0 Å². The molecule has 3 aromatic carbocycles. The number of benzene rings is 3. The zero-order valence-corrected chi connectivity index (χ0v) is 22.5. The van der Waals surface area contributed by atoms with Gasteiger partial charge in [-0.05, 0) is 73.7 Å². The Balaban J connectivity index is 1.39. The lowest BCUT2D eigenvalue weighted by Crippen LogP contribution is -2.52. The molecule has 2 aliphatic rings. The Bertz CT molecular complexity index is 1470. The van der Waals surface area contributed by atoms with Crippen LogP contribution >= 0.6 is 11.6 Å². The lowest BCUT2D eigenvalue weighted by atomic mass is 9.76. The van der Waals surface area contributed by atoms with Crippen LogP contribution in [0.5, 0.6) is 5.75 Å². The van der Waals surface area contributed by atoms with Gasteiger partial charge in [0.15, 0.2) is 5.78 Å². The van der Waals surface area contributed by atoms with Gasteiger partial charge in [-0.15, -0.1) is 0 Å². The molecule has 0 aromatic heterocycles. The fraction of sp³-hybridized carbons (Fsp3) is 0.258. The summed E-state index contributed by atoms with van der Waals surface area (Å²) in [6.45, 7) is 1.48. The number of fused-ring (bicyclic) bond motifs is 1. The van der Waals surface area contributed by atoms with E-state index in [-0.39, 0.29) is 27.8 Å². The topological polar surface area (TPSA) is 101 Å². The first kappa shape index (κ1) is 27.3. The van der Waals surface area contributed by atoms with E-state index < -0.39 is 47.9 Å². The van der Waals surface area contributed by atoms with Crippen LogP contribution in [-0.4, -0.2) is 46.0 Å². The molecule has 204 valence electrons. The van der Waals surface area contributed by atoms with Crippen molar-refractivity contribution in [3.8, 4) is 5.75 Å². The third-order valence-electron chi connectivity index (χ3n) is 7.43. The van der Waals surface area contributed by atoms with E-state index in [1.54, 1.807) is 42.5 Å². The molecule has 1 heterocycles. The quantitative estimate of drug-likeness (QED) is 0.170. The van der Waals surface area contributed by atoms with E-state index >= 15 is 0 Å². The first-order chi connectivity index (χ1) is 19.2. The molecular formula is C31H27ClN2O6. The van der Waals surface area contributed by atoms with Crippen LogP contribution in [0.2, 0.25) is 5.02 Å². The first-order valence-electron chi connectivity index (χ1n) is 13.1. The van der Waals surface area contributed by atoms with Gasteiger partial charge in [0.1, 0.15) is 12.3 Å². The Kier molecular flexibility index (Phi) is 7.80. The second kappa shape index (κ2) is 11.4. The van der Waals surface area contributed by atoms with Crippen molar-refractivity contribution < 1.29 is 28.7 Å². The molecule has 0 spiro atoms. The molecular weight excluding hydrogens is 532 g/mol. The molecule has 0 unspecified atom stereocenters. The minimum Gasteiger partial charge on any atom is -0.423 e. The normalized spacial score (nSPS) is 20.1. The Morgan fingerprint density at radius 1 is 0.850 bits per heavy atom. The first-order valence-corrected chi connectivity index (χ1v) is 13.5. The lowest BCUT2D eigenvalue weighted by Gasteiger charge is -2.30. The number of ether oxygens (including phenoxy) is 1. The smallest absolute Gasteiger partial charge is 0.343 e. The van der Waals surface area contributed by atoms with Gasteiger partial charge in [-0.1, -0.05) is 48.9 Å². The van der Waals surface area contributed by atoms with Crippen molar-refractivity contribution in [3.63, 3.8) is 0 Å². The number of amides is 3. The van der Waals surface area contributed by atoms with Crippen LogP contribution < -0.4 is 4.74 Å². The number of halogens is 1. The zero-order valence-electron chi connectivity index (χ0n) is 21.8. The highest BCUT2D eigenvalue weighted by Gasteiger charge is 2.53. The van der Waals surface area contributed by atoms with Gasteiger partial charge < -0.3 is 4.74 Å². The molecule has 3 aromatic rings. The summed E-state index contributed by atoms with van der Waals surface area (Å²) in [7, 11) is 0. The number of carbonyl (C=O) groups is 5. The average molecular weight is 559 g/mol. The van der Waals surface area contributed by atoms with Crippen LogP contribution in [0.15, 0.2) is 78.9 Å². The van der Waals surface area contributed by atoms with Crippen molar-refractivity contribution in [2.24, 2.45) is 17.8 Å². The Morgan fingerprint density at radius 3 is 2.20 bits per heavy atom. The van der Waals surface area contributed by atoms with Crippen molar-refractivity contribution >= 4 is 41.1 Å². The third kappa shape index (κ3) is 5.40.